The summed E-state index contributed by atoms with van der Waals surface area (Å²) in [7, 11) is 0. The Kier molecular flexibility index (Phi) is 3.95. The molecule has 0 amide bonds. The molecule has 0 aliphatic rings. The van der Waals surface area contributed by atoms with Crippen molar-refractivity contribution in [3.8, 4) is 0 Å². The minimum absolute atomic E-state index is 0.461. The maximum absolute atomic E-state index is 5.74. The third-order valence-electron chi connectivity index (χ3n) is 1.22. The zero-order chi connectivity index (χ0) is 8.43. The summed E-state index contributed by atoms with van der Waals surface area (Å²) < 4.78 is 2.03. The van der Waals surface area contributed by atoms with Gasteiger partial charge in [-0.05, 0) is 34.7 Å². The summed E-state index contributed by atoms with van der Waals surface area (Å²) >= 11 is 17.1. The molecule has 60 valence electrons. The predicted molar refractivity (Wildman–Crippen MR) is 61.3 cm³/mol. The maximum atomic E-state index is 5.74. The van der Waals surface area contributed by atoms with Crippen LogP contribution in [0.25, 0.3) is 0 Å². The van der Waals surface area contributed by atoms with E-state index in [4.69, 9.17) is 23.2 Å². The first-order valence-electron chi connectivity index (χ1n) is 2.85. The first kappa shape index (κ1) is 10.1. The fourth-order valence-corrected chi connectivity index (χ4v) is 3.60. The molecule has 1 rings (SSSR count). The third-order valence-corrected chi connectivity index (χ3v) is 3.29. The Morgan fingerprint density at radius 2 is 2.00 bits per heavy atom. The second-order valence-corrected chi connectivity index (χ2v) is 5.05. The fourth-order valence-electron chi connectivity index (χ4n) is 0.719. The van der Waals surface area contributed by atoms with Gasteiger partial charge in [-0.2, -0.15) is 0 Å². The second kappa shape index (κ2) is 4.30. The van der Waals surface area contributed by atoms with E-state index >= 15 is 0 Å². The smallest absolute Gasteiger partial charge is 0.1000 e. The van der Waals surface area contributed by atoms with Gasteiger partial charge in [0.2, 0.25) is 0 Å². The highest BCUT2D eigenvalue weighted by molar-refractivity contribution is 14.1. The van der Waals surface area contributed by atoms with Gasteiger partial charge in [0.15, 0.2) is 0 Å². The standard InChI is InChI=1S/C7H4BrCl2I/c8-4-2-1-3-5(11)6(4)7(9)10/h1-3,7H. The molecule has 0 heterocycles. The van der Waals surface area contributed by atoms with Crippen molar-refractivity contribution >= 4 is 61.7 Å². The van der Waals surface area contributed by atoms with Crippen molar-refractivity contribution in [2.45, 2.75) is 4.84 Å². The van der Waals surface area contributed by atoms with Crippen LogP contribution in [-0.2, 0) is 0 Å². The minimum atomic E-state index is -0.461. The Labute approximate surface area is 97.5 Å². The molecule has 11 heavy (non-hydrogen) atoms. The van der Waals surface area contributed by atoms with Crippen LogP contribution in [0.2, 0.25) is 0 Å². The quantitative estimate of drug-likeness (QED) is 0.506. The molecular formula is C7H4BrCl2I. The third kappa shape index (κ3) is 2.47. The van der Waals surface area contributed by atoms with E-state index in [9.17, 15) is 0 Å². The highest BCUT2D eigenvalue weighted by Crippen LogP contribution is 2.34. The van der Waals surface area contributed by atoms with E-state index in [1.807, 2.05) is 18.2 Å². The van der Waals surface area contributed by atoms with Crippen LogP contribution in [0.15, 0.2) is 22.7 Å². The van der Waals surface area contributed by atoms with Crippen LogP contribution in [0.3, 0.4) is 0 Å². The summed E-state index contributed by atoms with van der Waals surface area (Å²) in [6, 6.07) is 5.85. The maximum Gasteiger partial charge on any atom is 0.134 e. The molecule has 4 heteroatoms. The minimum Gasteiger partial charge on any atom is -0.1000 e. The van der Waals surface area contributed by atoms with Gasteiger partial charge in [-0.15, -0.1) is 0 Å². The van der Waals surface area contributed by atoms with Crippen LogP contribution in [0.1, 0.15) is 10.4 Å². The Balaban J connectivity index is 3.21. The highest BCUT2D eigenvalue weighted by atomic mass is 127. The largest absolute Gasteiger partial charge is 0.134 e. The van der Waals surface area contributed by atoms with Gasteiger partial charge in [0.1, 0.15) is 4.84 Å². The zero-order valence-electron chi connectivity index (χ0n) is 5.32. The normalized spacial score (nSPS) is 10.6. The van der Waals surface area contributed by atoms with Crippen molar-refractivity contribution in [2.75, 3.05) is 0 Å². The van der Waals surface area contributed by atoms with Crippen molar-refractivity contribution in [1.29, 1.82) is 0 Å². The summed E-state index contributed by atoms with van der Waals surface area (Å²) in [5.74, 6) is 0. The molecule has 0 aliphatic heterocycles. The summed E-state index contributed by atoms with van der Waals surface area (Å²) in [5.41, 5.74) is 0.941. The Morgan fingerprint density at radius 3 is 2.36 bits per heavy atom. The molecule has 0 fully saturated rings. The van der Waals surface area contributed by atoms with E-state index in [1.165, 1.54) is 0 Å². The monoisotopic (exact) mass is 364 g/mol. The Hall–Kier alpha value is 1.01. The number of rotatable bonds is 1. The molecule has 0 bridgehead atoms. The van der Waals surface area contributed by atoms with Crippen molar-refractivity contribution < 1.29 is 0 Å². The predicted octanol–water partition coefficient (Wildman–Crippen LogP) is 4.53. The molecule has 0 aromatic heterocycles. The number of hydrogen-bond donors (Lipinski definition) is 0. The van der Waals surface area contributed by atoms with E-state index in [0.29, 0.717) is 0 Å². The molecule has 0 saturated carbocycles. The topological polar surface area (TPSA) is 0 Å². The van der Waals surface area contributed by atoms with Crippen molar-refractivity contribution in [3.63, 3.8) is 0 Å². The van der Waals surface area contributed by atoms with Gasteiger partial charge in [-0.25, -0.2) is 0 Å². The Bertz CT molecular complexity index is 242. The first-order valence-corrected chi connectivity index (χ1v) is 5.59. The molecular weight excluding hydrogens is 362 g/mol. The number of benzene rings is 1. The van der Waals surface area contributed by atoms with E-state index in [-0.39, 0.29) is 0 Å². The van der Waals surface area contributed by atoms with Crippen molar-refractivity contribution in [1.82, 2.24) is 0 Å². The van der Waals surface area contributed by atoms with Gasteiger partial charge >= 0.3 is 0 Å². The van der Waals surface area contributed by atoms with Gasteiger partial charge in [-0.3, -0.25) is 0 Å². The van der Waals surface area contributed by atoms with Gasteiger partial charge in [0.05, 0.1) is 0 Å². The summed E-state index contributed by atoms with van der Waals surface area (Å²) in [5, 5.41) is 0. The summed E-state index contributed by atoms with van der Waals surface area (Å²) in [6.07, 6.45) is 0. The first-order chi connectivity index (χ1) is 5.13. The van der Waals surface area contributed by atoms with Crippen molar-refractivity contribution in [2.24, 2.45) is 0 Å². The average molecular weight is 366 g/mol. The number of hydrogen-bond acceptors (Lipinski definition) is 0. The van der Waals surface area contributed by atoms with Gasteiger partial charge < -0.3 is 0 Å². The SMILES string of the molecule is ClC(Cl)c1c(Br)cccc1I. The number of alkyl halides is 2. The van der Waals surface area contributed by atoms with Gasteiger partial charge in [0.25, 0.3) is 0 Å². The van der Waals surface area contributed by atoms with Gasteiger partial charge in [-0.1, -0.05) is 45.2 Å². The van der Waals surface area contributed by atoms with E-state index in [2.05, 4.69) is 38.5 Å². The highest BCUT2D eigenvalue weighted by Gasteiger charge is 2.10. The molecule has 0 N–H and O–H groups in total. The lowest BCUT2D eigenvalue weighted by molar-refractivity contribution is 1.29. The lowest BCUT2D eigenvalue weighted by Crippen LogP contribution is -1.88. The second-order valence-electron chi connectivity index (χ2n) is 1.94. The molecule has 0 spiro atoms. The molecule has 0 radical (unpaired) electrons. The molecule has 1 aromatic rings. The molecule has 1 aromatic carbocycles. The average Bonchev–Trinajstić information content (AvgIpc) is 1.85. The Morgan fingerprint density at radius 1 is 1.36 bits per heavy atom. The van der Waals surface area contributed by atoms with Crippen LogP contribution < -0.4 is 0 Å². The zero-order valence-corrected chi connectivity index (χ0v) is 10.6. The molecule has 0 atom stereocenters. The van der Waals surface area contributed by atoms with E-state index < -0.39 is 4.84 Å². The molecule has 0 nitrogen and oxygen atoms in total. The van der Waals surface area contributed by atoms with Crippen LogP contribution >= 0.6 is 61.7 Å². The summed E-state index contributed by atoms with van der Waals surface area (Å²) in [6.45, 7) is 0. The van der Waals surface area contributed by atoms with Gasteiger partial charge in [0, 0.05) is 13.6 Å². The van der Waals surface area contributed by atoms with E-state index in [0.717, 1.165) is 13.6 Å². The lowest BCUT2D eigenvalue weighted by Gasteiger charge is -2.06. The number of halogens is 4. The van der Waals surface area contributed by atoms with E-state index in [1.54, 1.807) is 0 Å². The molecule has 0 aliphatic carbocycles. The van der Waals surface area contributed by atoms with Crippen molar-refractivity contribution in [3.05, 3.63) is 31.8 Å². The van der Waals surface area contributed by atoms with Crippen LogP contribution in [0, 0.1) is 3.57 Å². The summed E-state index contributed by atoms with van der Waals surface area (Å²) in [4.78, 5) is -0.461. The van der Waals surface area contributed by atoms with Crippen LogP contribution in [0.5, 0.6) is 0 Å². The molecule has 0 saturated heterocycles. The fraction of sp³-hybridized carbons (Fsp3) is 0.143. The lowest BCUT2D eigenvalue weighted by atomic mass is 10.2. The van der Waals surface area contributed by atoms with Crippen LogP contribution in [0.4, 0.5) is 0 Å². The van der Waals surface area contributed by atoms with Crippen LogP contribution in [-0.4, -0.2) is 0 Å². The molecule has 0 unspecified atom stereocenters.